The summed E-state index contributed by atoms with van der Waals surface area (Å²) in [5.74, 6) is 1.74. The first-order chi connectivity index (χ1) is 5.70. The third-order valence-electron chi connectivity index (χ3n) is 2.43. The summed E-state index contributed by atoms with van der Waals surface area (Å²) in [7, 11) is 2.11. The molecule has 12 heavy (non-hydrogen) atoms. The number of fused-ring (bicyclic) bond motifs is 1. The van der Waals surface area contributed by atoms with E-state index in [1.54, 1.807) is 0 Å². The van der Waals surface area contributed by atoms with E-state index in [0.717, 1.165) is 13.1 Å². The Kier molecular flexibility index (Phi) is 1.68. The lowest BCUT2D eigenvalue weighted by atomic mass is 10.2. The predicted octanol–water partition coefficient (Wildman–Crippen LogP) is 1.15. The van der Waals surface area contributed by atoms with Crippen molar-refractivity contribution < 1.29 is 0 Å². The molecule has 0 saturated heterocycles. The van der Waals surface area contributed by atoms with Crippen LogP contribution in [0.3, 0.4) is 0 Å². The molecule has 0 fully saturated rings. The van der Waals surface area contributed by atoms with Crippen molar-refractivity contribution in [3.8, 4) is 0 Å². The second kappa shape index (κ2) is 2.59. The summed E-state index contributed by atoms with van der Waals surface area (Å²) in [4.78, 5) is 4.59. The molecule has 2 rings (SSSR count). The Balaban J connectivity index is 2.47. The molecule has 0 aliphatic carbocycles. The van der Waals surface area contributed by atoms with Gasteiger partial charge in [-0.05, 0) is 0 Å². The van der Waals surface area contributed by atoms with E-state index in [-0.39, 0.29) is 0 Å². The molecule has 0 aromatic carbocycles. The minimum Gasteiger partial charge on any atom is -0.333 e. The topological polar surface area (TPSA) is 29.9 Å². The summed E-state index contributed by atoms with van der Waals surface area (Å²) in [5, 5.41) is 3.29. The molecule has 1 aliphatic rings. The van der Waals surface area contributed by atoms with Gasteiger partial charge in [0.1, 0.15) is 5.82 Å². The molecular formula is C9H15N3. The highest BCUT2D eigenvalue weighted by Crippen LogP contribution is 2.20. The molecule has 0 spiro atoms. The fraction of sp³-hybridized carbons (Fsp3) is 0.667. The molecule has 0 radical (unpaired) electrons. The molecular weight excluding hydrogens is 150 g/mol. The molecule has 3 heteroatoms. The van der Waals surface area contributed by atoms with Crippen molar-refractivity contribution in [1.82, 2.24) is 14.9 Å². The molecule has 0 bridgehead atoms. The van der Waals surface area contributed by atoms with Crippen LogP contribution in [0.5, 0.6) is 0 Å². The molecule has 1 aromatic heterocycles. The standard InChI is InChI=1S/C9H15N3/c1-6(2)9-11-7-4-10-5-8(7)12(9)3/h6,10H,4-5H2,1-3H3. The van der Waals surface area contributed by atoms with E-state index < -0.39 is 0 Å². The van der Waals surface area contributed by atoms with Crippen LogP contribution in [0, 0.1) is 0 Å². The first kappa shape index (κ1) is 7.80. The van der Waals surface area contributed by atoms with Crippen molar-refractivity contribution in [3.63, 3.8) is 0 Å². The van der Waals surface area contributed by atoms with Gasteiger partial charge >= 0.3 is 0 Å². The van der Waals surface area contributed by atoms with Gasteiger partial charge in [-0.2, -0.15) is 0 Å². The summed E-state index contributed by atoms with van der Waals surface area (Å²) >= 11 is 0. The van der Waals surface area contributed by atoms with E-state index in [4.69, 9.17) is 0 Å². The van der Waals surface area contributed by atoms with E-state index in [2.05, 4.69) is 35.8 Å². The summed E-state index contributed by atoms with van der Waals surface area (Å²) in [6.07, 6.45) is 0. The van der Waals surface area contributed by atoms with Crippen molar-refractivity contribution in [2.75, 3.05) is 0 Å². The maximum atomic E-state index is 4.59. The fourth-order valence-electron chi connectivity index (χ4n) is 1.79. The van der Waals surface area contributed by atoms with Gasteiger partial charge in [0.05, 0.1) is 11.4 Å². The zero-order valence-electron chi connectivity index (χ0n) is 7.89. The molecule has 66 valence electrons. The second-order valence-electron chi connectivity index (χ2n) is 3.68. The molecule has 0 saturated carbocycles. The van der Waals surface area contributed by atoms with Gasteiger partial charge in [0.15, 0.2) is 0 Å². The summed E-state index contributed by atoms with van der Waals surface area (Å²) in [6, 6.07) is 0. The zero-order chi connectivity index (χ0) is 8.72. The number of aromatic nitrogens is 2. The Labute approximate surface area is 72.8 Å². The Morgan fingerprint density at radius 1 is 1.42 bits per heavy atom. The van der Waals surface area contributed by atoms with Gasteiger partial charge in [-0.1, -0.05) is 13.8 Å². The first-order valence-electron chi connectivity index (χ1n) is 4.45. The monoisotopic (exact) mass is 165 g/mol. The van der Waals surface area contributed by atoms with Gasteiger partial charge in [-0.25, -0.2) is 4.98 Å². The molecule has 1 aromatic rings. The maximum absolute atomic E-state index is 4.59. The van der Waals surface area contributed by atoms with Crippen molar-refractivity contribution in [3.05, 3.63) is 17.2 Å². The lowest BCUT2D eigenvalue weighted by Gasteiger charge is -2.06. The minimum atomic E-state index is 0.528. The van der Waals surface area contributed by atoms with Crippen molar-refractivity contribution in [2.24, 2.45) is 7.05 Å². The Morgan fingerprint density at radius 3 is 2.75 bits per heavy atom. The van der Waals surface area contributed by atoms with Crippen LogP contribution in [-0.2, 0) is 20.1 Å². The predicted molar refractivity (Wildman–Crippen MR) is 47.8 cm³/mol. The smallest absolute Gasteiger partial charge is 0.111 e. The molecule has 0 unspecified atom stereocenters. The third-order valence-corrected chi connectivity index (χ3v) is 2.43. The second-order valence-corrected chi connectivity index (χ2v) is 3.68. The Bertz CT molecular complexity index is 299. The van der Waals surface area contributed by atoms with Crippen molar-refractivity contribution in [1.29, 1.82) is 0 Å². The molecule has 1 N–H and O–H groups in total. The van der Waals surface area contributed by atoms with Crippen LogP contribution in [0.2, 0.25) is 0 Å². The average Bonchev–Trinajstić information content (AvgIpc) is 2.53. The zero-order valence-corrected chi connectivity index (χ0v) is 7.89. The highest BCUT2D eigenvalue weighted by atomic mass is 15.1. The Morgan fingerprint density at radius 2 is 2.17 bits per heavy atom. The van der Waals surface area contributed by atoms with Crippen LogP contribution < -0.4 is 5.32 Å². The highest BCUT2D eigenvalue weighted by Gasteiger charge is 2.19. The summed E-state index contributed by atoms with van der Waals surface area (Å²) in [6.45, 7) is 6.29. The number of hydrogen-bond donors (Lipinski definition) is 1. The van der Waals surface area contributed by atoms with Gasteiger partial charge < -0.3 is 9.88 Å². The average molecular weight is 165 g/mol. The normalized spacial score (nSPS) is 15.7. The van der Waals surface area contributed by atoms with Gasteiger partial charge in [-0.3, -0.25) is 0 Å². The summed E-state index contributed by atoms with van der Waals surface area (Å²) < 4.78 is 2.22. The molecule has 0 atom stereocenters. The van der Waals surface area contributed by atoms with Crippen molar-refractivity contribution in [2.45, 2.75) is 32.9 Å². The number of hydrogen-bond acceptors (Lipinski definition) is 2. The summed E-state index contributed by atoms with van der Waals surface area (Å²) in [5.41, 5.74) is 2.60. The van der Waals surface area contributed by atoms with Gasteiger partial charge in [0.2, 0.25) is 0 Å². The van der Waals surface area contributed by atoms with E-state index >= 15 is 0 Å². The van der Waals surface area contributed by atoms with E-state index in [1.807, 2.05) is 0 Å². The molecule has 2 heterocycles. The van der Waals surface area contributed by atoms with Gasteiger partial charge in [0.25, 0.3) is 0 Å². The minimum absolute atomic E-state index is 0.528. The van der Waals surface area contributed by atoms with Crippen molar-refractivity contribution >= 4 is 0 Å². The Hall–Kier alpha value is -0.830. The third kappa shape index (κ3) is 0.966. The largest absolute Gasteiger partial charge is 0.333 e. The van der Waals surface area contributed by atoms with Crippen LogP contribution in [0.4, 0.5) is 0 Å². The fourth-order valence-corrected chi connectivity index (χ4v) is 1.79. The van der Waals surface area contributed by atoms with E-state index in [0.29, 0.717) is 5.92 Å². The molecule has 1 aliphatic heterocycles. The van der Waals surface area contributed by atoms with Gasteiger partial charge in [0, 0.05) is 26.1 Å². The van der Waals surface area contributed by atoms with Crippen LogP contribution >= 0.6 is 0 Å². The number of rotatable bonds is 1. The van der Waals surface area contributed by atoms with Crippen LogP contribution in [-0.4, -0.2) is 9.55 Å². The number of nitrogens with zero attached hydrogens (tertiary/aromatic N) is 2. The molecule has 3 nitrogen and oxygen atoms in total. The first-order valence-corrected chi connectivity index (χ1v) is 4.45. The highest BCUT2D eigenvalue weighted by molar-refractivity contribution is 5.21. The van der Waals surface area contributed by atoms with Crippen LogP contribution in [0.1, 0.15) is 37.0 Å². The number of imidazole rings is 1. The lowest BCUT2D eigenvalue weighted by molar-refractivity contribution is 0.652. The van der Waals surface area contributed by atoms with Gasteiger partial charge in [-0.15, -0.1) is 0 Å². The molecule has 0 amide bonds. The van der Waals surface area contributed by atoms with E-state index in [1.165, 1.54) is 17.2 Å². The SMILES string of the molecule is CC(C)c1nc2c(n1C)CNC2. The number of nitrogens with one attached hydrogen (secondary N) is 1. The van der Waals surface area contributed by atoms with E-state index in [9.17, 15) is 0 Å². The van der Waals surface area contributed by atoms with Crippen LogP contribution in [0.25, 0.3) is 0 Å². The maximum Gasteiger partial charge on any atom is 0.111 e. The van der Waals surface area contributed by atoms with Crippen LogP contribution in [0.15, 0.2) is 0 Å². The quantitative estimate of drug-likeness (QED) is 0.676. The lowest BCUT2D eigenvalue weighted by Crippen LogP contribution is -2.09.